The van der Waals surface area contributed by atoms with Crippen LogP contribution in [-0.4, -0.2) is 50.4 Å². The van der Waals surface area contributed by atoms with Crippen molar-refractivity contribution in [1.29, 1.82) is 0 Å². The first-order valence-corrected chi connectivity index (χ1v) is 13.1. The number of likely N-dealkylation sites (tertiary alicyclic amines) is 1. The average molecular weight is 541 g/mol. The third-order valence-corrected chi connectivity index (χ3v) is 7.99. The molecular formula is C27H24Cl3N5O. The Kier molecular flexibility index (Phi) is 6.30. The van der Waals surface area contributed by atoms with Gasteiger partial charge >= 0.3 is 6.03 Å². The van der Waals surface area contributed by atoms with Crippen molar-refractivity contribution in [2.75, 3.05) is 18.4 Å². The molecule has 2 unspecified atom stereocenters. The van der Waals surface area contributed by atoms with Gasteiger partial charge in [-0.15, -0.1) is 0 Å². The molecular weight excluding hydrogens is 517 g/mol. The molecule has 2 saturated heterocycles. The van der Waals surface area contributed by atoms with Crippen molar-refractivity contribution in [3.63, 3.8) is 0 Å². The maximum absolute atomic E-state index is 13.3. The number of urea groups is 1. The van der Waals surface area contributed by atoms with Gasteiger partial charge in [0.1, 0.15) is 5.65 Å². The van der Waals surface area contributed by atoms with Gasteiger partial charge < -0.3 is 14.6 Å². The van der Waals surface area contributed by atoms with Crippen LogP contribution in [0.5, 0.6) is 0 Å². The van der Waals surface area contributed by atoms with Gasteiger partial charge in [0.05, 0.1) is 27.1 Å². The predicted octanol–water partition coefficient (Wildman–Crippen LogP) is 6.84. The first kappa shape index (κ1) is 23.6. The van der Waals surface area contributed by atoms with Crippen LogP contribution < -0.4 is 5.32 Å². The van der Waals surface area contributed by atoms with E-state index in [0.717, 1.165) is 55.1 Å². The molecule has 6 rings (SSSR count). The molecule has 0 aliphatic carbocycles. The molecule has 4 aromatic rings. The Morgan fingerprint density at radius 1 is 0.917 bits per heavy atom. The van der Waals surface area contributed by atoms with Crippen LogP contribution in [0.1, 0.15) is 18.5 Å². The molecule has 2 aromatic carbocycles. The van der Waals surface area contributed by atoms with E-state index in [1.807, 2.05) is 47.4 Å². The Morgan fingerprint density at radius 2 is 1.61 bits per heavy atom. The lowest BCUT2D eigenvalue weighted by atomic mass is 10.1. The molecule has 0 spiro atoms. The number of anilines is 1. The predicted molar refractivity (Wildman–Crippen MR) is 145 cm³/mol. The summed E-state index contributed by atoms with van der Waals surface area (Å²) >= 11 is 18.7. The monoisotopic (exact) mass is 539 g/mol. The highest BCUT2D eigenvalue weighted by molar-refractivity contribution is 6.39. The van der Waals surface area contributed by atoms with Crippen molar-refractivity contribution in [3.8, 4) is 11.3 Å². The van der Waals surface area contributed by atoms with Gasteiger partial charge in [0.25, 0.3) is 0 Å². The summed E-state index contributed by atoms with van der Waals surface area (Å²) in [6.45, 7) is 2.32. The van der Waals surface area contributed by atoms with Crippen LogP contribution >= 0.6 is 34.8 Å². The molecule has 1 N–H and O–H groups in total. The summed E-state index contributed by atoms with van der Waals surface area (Å²) in [7, 11) is 0. The average Bonchev–Trinajstić information content (AvgIpc) is 3.36. The van der Waals surface area contributed by atoms with Gasteiger partial charge in [-0.3, -0.25) is 4.90 Å². The highest BCUT2D eigenvalue weighted by atomic mass is 35.5. The number of piperazine rings is 1. The molecule has 0 radical (unpaired) electrons. The maximum Gasteiger partial charge on any atom is 0.322 e. The van der Waals surface area contributed by atoms with E-state index in [9.17, 15) is 4.79 Å². The highest BCUT2D eigenvalue weighted by Gasteiger charge is 2.43. The molecule has 2 bridgehead atoms. The number of hydrogen-bond donors (Lipinski definition) is 1. The molecule has 2 amide bonds. The molecule has 2 atom stereocenters. The fourth-order valence-corrected chi connectivity index (χ4v) is 6.11. The first-order valence-electron chi connectivity index (χ1n) is 12.0. The summed E-state index contributed by atoms with van der Waals surface area (Å²) < 4.78 is 2.16. The lowest BCUT2D eigenvalue weighted by molar-refractivity contribution is 0.0894. The standard InChI is InChI=1S/C27H24Cl3N5O/c28-18-9-7-17(8-10-18)25-23(34-13-2-1-6-24(34)31-25)16-33-14-19-11-12-20(15-33)35(19)27(36)32-26-21(29)4-3-5-22(26)30/h1-10,13,19-20H,11-12,14-16H2,(H,32,36). The summed E-state index contributed by atoms with van der Waals surface area (Å²) in [5, 5.41) is 4.52. The van der Waals surface area contributed by atoms with Crippen molar-refractivity contribution < 1.29 is 4.79 Å². The number of amides is 2. The summed E-state index contributed by atoms with van der Waals surface area (Å²) in [6, 6.07) is 19.2. The molecule has 2 aliphatic heterocycles. The minimum Gasteiger partial charge on any atom is -0.316 e. The molecule has 0 saturated carbocycles. The molecule has 4 heterocycles. The fourth-order valence-electron chi connectivity index (χ4n) is 5.49. The molecule has 6 nitrogen and oxygen atoms in total. The largest absolute Gasteiger partial charge is 0.322 e. The Hall–Kier alpha value is -2.77. The number of nitrogens with zero attached hydrogens (tertiary/aromatic N) is 4. The zero-order chi connectivity index (χ0) is 24.8. The molecule has 2 aromatic heterocycles. The van der Waals surface area contributed by atoms with E-state index in [4.69, 9.17) is 39.8 Å². The Balaban J connectivity index is 1.24. The van der Waals surface area contributed by atoms with Gasteiger partial charge in [-0.05, 0) is 49.2 Å². The SMILES string of the molecule is O=C(Nc1c(Cl)cccc1Cl)N1C2CCC1CN(Cc1c(-c3ccc(Cl)cc3)nc3ccccn13)C2. The molecule has 2 aliphatic rings. The van der Waals surface area contributed by atoms with Crippen LogP contribution in [0.15, 0.2) is 66.9 Å². The van der Waals surface area contributed by atoms with Crippen LogP contribution in [0.25, 0.3) is 16.9 Å². The van der Waals surface area contributed by atoms with Crippen LogP contribution in [0.2, 0.25) is 15.1 Å². The number of nitrogens with one attached hydrogen (secondary N) is 1. The van der Waals surface area contributed by atoms with E-state index in [1.165, 1.54) is 0 Å². The van der Waals surface area contributed by atoms with Crippen molar-refractivity contribution in [3.05, 3.63) is 87.6 Å². The number of carbonyl (C=O) groups is 1. The Morgan fingerprint density at radius 3 is 2.31 bits per heavy atom. The van der Waals surface area contributed by atoms with Crippen LogP contribution in [0.4, 0.5) is 10.5 Å². The van der Waals surface area contributed by atoms with Gasteiger partial charge in [0.15, 0.2) is 0 Å². The number of pyridine rings is 1. The van der Waals surface area contributed by atoms with E-state index in [-0.39, 0.29) is 18.1 Å². The zero-order valence-corrected chi connectivity index (χ0v) is 21.6. The maximum atomic E-state index is 13.3. The second-order valence-corrected chi connectivity index (χ2v) is 10.6. The quantitative estimate of drug-likeness (QED) is 0.308. The smallest absolute Gasteiger partial charge is 0.316 e. The topological polar surface area (TPSA) is 52.9 Å². The fraction of sp³-hybridized carbons (Fsp3) is 0.259. The second-order valence-electron chi connectivity index (χ2n) is 9.36. The van der Waals surface area contributed by atoms with Crippen LogP contribution in [0.3, 0.4) is 0 Å². The summed E-state index contributed by atoms with van der Waals surface area (Å²) in [4.78, 5) is 22.6. The van der Waals surface area contributed by atoms with Crippen molar-refractivity contribution in [2.45, 2.75) is 31.5 Å². The third-order valence-electron chi connectivity index (χ3n) is 7.11. The summed E-state index contributed by atoms with van der Waals surface area (Å²) in [5.74, 6) is 0. The van der Waals surface area contributed by atoms with Gasteiger partial charge in [-0.25, -0.2) is 9.78 Å². The van der Waals surface area contributed by atoms with E-state index in [2.05, 4.69) is 20.8 Å². The molecule has 184 valence electrons. The molecule has 36 heavy (non-hydrogen) atoms. The number of carbonyl (C=O) groups excluding carboxylic acids is 1. The van der Waals surface area contributed by atoms with Crippen molar-refractivity contribution >= 4 is 52.2 Å². The molecule has 2 fully saturated rings. The van der Waals surface area contributed by atoms with Crippen LogP contribution in [-0.2, 0) is 6.54 Å². The first-order chi connectivity index (χ1) is 17.5. The number of rotatable bonds is 4. The number of halogens is 3. The number of benzene rings is 2. The summed E-state index contributed by atoms with van der Waals surface area (Å²) in [6.07, 6.45) is 4.01. The van der Waals surface area contributed by atoms with Gasteiger partial charge in [0, 0.05) is 48.5 Å². The molecule has 9 heteroatoms. The van der Waals surface area contributed by atoms with Gasteiger partial charge in [-0.2, -0.15) is 0 Å². The van der Waals surface area contributed by atoms with Crippen LogP contribution in [0, 0.1) is 0 Å². The minimum absolute atomic E-state index is 0.128. The number of fused-ring (bicyclic) bond motifs is 3. The minimum atomic E-state index is -0.145. The van der Waals surface area contributed by atoms with Gasteiger partial charge in [-0.1, -0.05) is 59.1 Å². The number of imidazole rings is 1. The van der Waals surface area contributed by atoms with E-state index < -0.39 is 0 Å². The van der Waals surface area contributed by atoms with E-state index in [1.54, 1.807) is 18.2 Å². The number of hydrogen-bond acceptors (Lipinski definition) is 3. The second kappa shape index (κ2) is 9.60. The Labute approximate surface area is 224 Å². The lowest BCUT2D eigenvalue weighted by Gasteiger charge is -2.41. The van der Waals surface area contributed by atoms with Crippen molar-refractivity contribution in [1.82, 2.24) is 19.2 Å². The normalized spacial score (nSPS) is 19.7. The highest BCUT2D eigenvalue weighted by Crippen LogP contribution is 2.35. The third kappa shape index (κ3) is 4.33. The lowest BCUT2D eigenvalue weighted by Crippen LogP contribution is -2.56. The number of aromatic nitrogens is 2. The van der Waals surface area contributed by atoms with E-state index >= 15 is 0 Å². The summed E-state index contributed by atoms with van der Waals surface area (Å²) in [5.41, 5.74) is 4.50. The van der Waals surface area contributed by atoms with E-state index in [0.29, 0.717) is 20.8 Å². The number of para-hydroxylation sites is 1. The van der Waals surface area contributed by atoms with Crippen molar-refractivity contribution in [2.24, 2.45) is 0 Å². The zero-order valence-electron chi connectivity index (χ0n) is 19.4. The Bertz CT molecular complexity index is 1400. The van der Waals surface area contributed by atoms with Gasteiger partial charge in [0.2, 0.25) is 0 Å².